The predicted molar refractivity (Wildman–Crippen MR) is 78.4 cm³/mol. The van der Waals surface area contributed by atoms with E-state index in [9.17, 15) is 0 Å². The summed E-state index contributed by atoms with van der Waals surface area (Å²) in [5, 5.41) is 0.119. The van der Waals surface area contributed by atoms with Gasteiger partial charge in [0.1, 0.15) is 5.75 Å². The Morgan fingerprint density at radius 2 is 2.06 bits per heavy atom. The van der Waals surface area contributed by atoms with Gasteiger partial charge in [-0.05, 0) is 42.9 Å². The molecular weight excluding hydrogens is 244 g/mol. The van der Waals surface area contributed by atoms with Gasteiger partial charge in [-0.25, -0.2) is 0 Å². The van der Waals surface area contributed by atoms with Crippen molar-refractivity contribution < 1.29 is 4.74 Å². The van der Waals surface area contributed by atoms with Crippen LogP contribution in [-0.4, -0.2) is 12.5 Å². The molecule has 2 rings (SSSR count). The average molecular weight is 265 g/mol. The molecule has 18 heavy (non-hydrogen) atoms. The molecule has 0 bridgehead atoms. The molecule has 0 amide bonds. The lowest BCUT2D eigenvalue weighted by Crippen LogP contribution is -2.21. The third-order valence-electron chi connectivity index (χ3n) is 3.50. The van der Waals surface area contributed by atoms with Crippen molar-refractivity contribution in [1.82, 2.24) is 0 Å². The number of halogens is 1. The molecule has 0 fully saturated rings. The fourth-order valence-corrected chi connectivity index (χ4v) is 3.28. The zero-order chi connectivity index (χ0) is 13.3. The summed E-state index contributed by atoms with van der Waals surface area (Å²) < 4.78 is 5.47. The Kier molecular flexibility index (Phi) is 3.72. The number of alkyl halides is 1. The van der Waals surface area contributed by atoms with E-state index >= 15 is 0 Å². The quantitative estimate of drug-likeness (QED) is 0.696. The van der Waals surface area contributed by atoms with Gasteiger partial charge in [-0.15, -0.1) is 11.6 Å². The first-order valence-corrected chi connectivity index (χ1v) is 6.85. The summed E-state index contributed by atoms with van der Waals surface area (Å²) in [4.78, 5) is 0. The minimum Gasteiger partial charge on any atom is -0.496 e. The van der Waals surface area contributed by atoms with Gasteiger partial charge >= 0.3 is 0 Å². The van der Waals surface area contributed by atoms with Crippen molar-refractivity contribution in [3.63, 3.8) is 0 Å². The second-order valence-corrected chi connectivity index (χ2v) is 6.52. The number of allylic oxidation sites excluding steroid dienone is 2. The van der Waals surface area contributed by atoms with E-state index in [0.717, 1.165) is 18.6 Å². The maximum Gasteiger partial charge on any atom is 0.126 e. The van der Waals surface area contributed by atoms with Crippen molar-refractivity contribution in [1.29, 1.82) is 0 Å². The largest absolute Gasteiger partial charge is 0.496 e. The highest BCUT2D eigenvalue weighted by Crippen LogP contribution is 2.43. The molecule has 0 heterocycles. The number of hydrogen-bond acceptors (Lipinski definition) is 1. The Morgan fingerprint density at radius 3 is 2.67 bits per heavy atom. The molecule has 0 saturated carbocycles. The summed E-state index contributed by atoms with van der Waals surface area (Å²) in [6.45, 7) is 6.66. The monoisotopic (exact) mass is 264 g/mol. The average Bonchev–Trinajstić information content (AvgIpc) is 2.26. The van der Waals surface area contributed by atoms with Crippen LogP contribution in [0.3, 0.4) is 0 Å². The lowest BCUT2D eigenvalue weighted by molar-refractivity contribution is 0.339. The number of ether oxygens (including phenoxy) is 1. The molecule has 0 aromatic heterocycles. The van der Waals surface area contributed by atoms with Gasteiger partial charge in [-0.2, -0.15) is 0 Å². The van der Waals surface area contributed by atoms with Crippen molar-refractivity contribution >= 4 is 17.2 Å². The van der Waals surface area contributed by atoms with Crippen LogP contribution in [0, 0.1) is 12.3 Å². The zero-order valence-electron chi connectivity index (χ0n) is 11.6. The Balaban J connectivity index is 2.45. The Bertz CT molecular complexity index is 474. The van der Waals surface area contributed by atoms with E-state index in [1.807, 2.05) is 6.07 Å². The zero-order valence-corrected chi connectivity index (χ0v) is 12.3. The van der Waals surface area contributed by atoms with Crippen molar-refractivity contribution in [2.75, 3.05) is 7.11 Å². The van der Waals surface area contributed by atoms with Crippen molar-refractivity contribution in [2.24, 2.45) is 5.41 Å². The first kappa shape index (κ1) is 13.5. The van der Waals surface area contributed by atoms with Gasteiger partial charge < -0.3 is 4.74 Å². The highest BCUT2D eigenvalue weighted by atomic mass is 35.5. The molecule has 1 atom stereocenters. The van der Waals surface area contributed by atoms with Crippen LogP contribution in [-0.2, 0) is 0 Å². The molecule has 1 nitrogen and oxygen atoms in total. The highest BCUT2D eigenvalue weighted by Gasteiger charge is 2.29. The number of benzene rings is 1. The van der Waals surface area contributed by atoms with E-state index in [-0.39, 0.29) is 10.8 Å². The molecule has 1 aromatic carbocycles. The van der Waals surface area contributed by atoms with E-state index in [1.165, 1.54) is 16.7 Å². The predicted octanol–water partition coefficient (Wildman–Crippen LogP) is 4.81. The highest BCUT2D eigenvalue weighted by molar-refractivity contribution is 6.22. The Hall–Kier alpha value is -0.950. The van der Waals surface area contributed by atoms with Crippen LogP contribution < -0.4 is 4.74 Å². The molecule has 2 heteroatoms. The van der Waals surface area contributed by atoms with Gasteiger partial charge in [0.2, 0.25) is 0 Å². The first-order valence-electron chi connectivity index (χ1n) is 6.41. The fourth-order valence-electron chi connectivity index (χ4n) is 2.71. The molecule has 98 valence electrons. The molecule has 0 spiro atoms. The number of methoxy groups -OCH3 is 1. The molecule has 1 unspecified atom stereocenters. The summed E-state index contributed by atoms with van der Waals surface area (Å²) in [6.07, 6.45) is 4.27. The lowest BCUT2D eigenvalue weighted by Gasteiger charge is -2.33. The van der Waals surface area contributed by atoms with Gasteiger partial charge in [0.15, 0.2) is 0 Å². The normalized spacial score (nSPS) is 22.5. The number of aryl methyl sites for hydroxylation is 1. The molecule has 0 N–H and O–H groups in total. The second-order valence-electron chi connectivity index (χ2n) is 5.96. The summed E-state index contributed by atoms with van der Waals surface area (Å²) in [5.74, 6) is 0.938. The van der Waals surface area contributed by atoms with Gasteiger partial charge in [0.25, 0.3) is 0 Å². The third-order valence-corrected chi connectivity index (χ3v) is 3.78. The lowest BCUT2D eigenvalue weighted by atomic mass is 9.75. The van der Waals surface area contributed by atoms with E-state index < -0.39 is 0 Å². The van der Waals surface area contributed by atoms with Gasteiger partial charge in [-0.1, -0.05) is 31.6 Å². The van der Waals surface area contributed by atoms with E-state index in [2.05, 4.69) is 39.0 Å². The summed E-state index contributed by atoms with van der Waals surface area (Å²) in [6, 6.07) is 6.31. The minimum absolute atomic E-state index is 0.119. The van der Waals surface area contributed by atoms with Gasteiger partial charge in [-0.3, -0.25) is 0 Å². The van der Waals surface area contributed by atoms with Crippen molar-refractivity contribution in [3.05, 3.63) is 35.4 Å². The maximum absolute atomic E-state index is 6.36. The van der Waals surface area contributed by atoms with Crippen LogP contribution >= 0.6 is 11.6 Å². The van der Waals surface area contributed by atoms with Crippen LogP contribution in [0.4, 0.5) is 0 Å². The van der Waals surface area contributed by atoms with Crippen LogP contribution in [0.1, 0.15) is 37.8 Å². The SMILES string of the molecule is COc1ccc(C)cc1C1=CC(Cl)CC(C)(C)C1. The first-order chi connectivity index (χ1) is 8.41. The molecule has 0 aliphatic heterocycles. The summed E-state index contributed by atoms with van der Waals surface area (Å²) in [5.41, 5.74) is 4.01. The van der Waals surface area contributed by atoms with Crippen molar-refractivity contribution in [3.8, 4) is 5.75 Å². The maximum atomic E-state index is 6.36. The molecular formula is C16H21ClO. The topological polar surface area (TPSA) is 9.23 Å². The Morgan fingerprint density at radius 1 is 1.33 bits per heavy atom. The van der Waals surface area contributed by atoms with Crippen LogP contribution in [0.5, 0.6) is 5.75 Å². The minimum atomic E-state index is 0.119. The molecule has 0 saturated heterocycles. The standard InChI is InChI=1S/C16H21ClO/c1-11-5-6-15(18-4)14(7-11)12-8-13(17)10-16(2,3)9-12/h5-8,13H,9-10H2,1-4H3. The van der Waals surface area contributed by atoms with Crippen LogP contribution in [0.2, 0.25) is 0 Å². The summed E-state index contributed by atoms with van der Waals surface area (Å²) in [7, 11) is 1.72. The second kappa shape index (κ2) is 4.97. The van der Waals surface area contributed by atoms with Gasteiger partial charge in [0.05, 0.1) is 12.5 Å². The van der Waals surface area contributed by atoms with Crippen molar-refractivity contribution in [2.45, 2.75) is 39.0 Å². The van der Waals surface area contributed by atoms with E-state index in [1.54, 1.807) is 7.11 Å². The van der Waals surface area contributed by atoms with E-state index in [0.29, 0.717) is 0 Å². The molecule has 1 aliphatic carbocycles. The van der Waals surface area contributed by atoms with Crippen LogP contribution in [0.25, 0.3) is 5.57 Å². The van der Waals surface area contributed by atoms with Crippen LogP contribution in [0.15, 0.2) is 24.3 Å². The molecule has 1 aromatic rings. The molecule has 0 radical (unpaired) electrons. The number of hydrogen-bond donors (Lipinski definition) is 0. The fraction of sp³-hybridized carbons (Fsp3) is 0.500. The molecule has 1 aliphatic rings. The number of rotatable bonds is 2. The summed E-state index contributed by atoms with van der Waals surface area (Å²) >= 11 is 6.36. The van der Waals surface area contributed by atoms with E-state index in [4.69, 9.17) is 16.3 Å². The smallest absolute Gasteiger partial charge is 0.126 e. The third kappa shape index (κ3) is 2.89. The Labute approximate surface area is 115 Å². The van der Waals surface area contributed by atoms with Gasteiger partial charge in [0, 0.05) is 5.56 Å².